The maximum Gasteiger partial charge on any atom is 0.154 e. The first-order valence-corrected chi connectivity index (χ1v) is 8.07. The van der Waals surface area contributed by atoms with Crippen LogP contribution in [0.2, 0.25) is 0 Å². The zero-order valence-electron chi connectivity index (χ0n) is 13.5. The van der Waals surface area contributed by atoms with Gasteiger partial charge in [0.1, 0.15) is 5.52 Å². The second kappa shape index (κ2) is 6.50. The smallest absolute Gasteiger partial charge is 0.154 e. The molecule has 4 heterocycles. The Labute approximate surface area is 139 Å². The molecule has 1 saturated heterocycles. The number of H-pyrrole nitrogens is 1. The van der Waals surface area contributed by atoms with E-state index < -0.39 is 0 Å². The van der Waals surface area contributed by atoms with E-state index in [1.807, 2.05) is 12.3 Å². The van der Waals surface area contributed by atoms with E-state index >= 15 is 0 Å². The van der Waals surface area contributed by atoms with Crippen LogP contribution < -0.4 is 10.6 Å². The number of hydrogen-bond donors (Lipinski definition) is 3. The lowest BCUT2D eigenvalue weighted by atomic mass is 10.2. The topological polar surface area (TPSA) is 94.7 Å². The SMILES string of the molecule is CN1CCNCC1CNc1nc(-c2cn[nH]c2)cc2nccnc12. The fourth-order valence-corrected chi connectivity index (χ4v) is 2.94. The van der Waals surface area contributed by atoms with Crippen LogP contribution in [0.1, 0.15) is 0 Å². The second-order valence-corrected chi connectivity index (χ2v) is 5.99. The standard InChI is InChI=1S/C16H20N8/c1-24-5-4-17-9-12(24)10-20-16-15-14(18-2-3-19-15)6-13(23-16)11-7-21-22-8-11/h2-3,6-8,12,17H,4-5,9-10H2,1H3,(H,20,23)(H,21,22). The summed E-state index contributed by atoms with van der Waals surface area (Å²) in [6.45, 7) is 3.86. The number of nitrogens with zero attached hydrogens (tertiary/aromatic N) is 5. The highest BCUT2D eigenvalue weighted by Gasteiger charge is 2.19. The number of likely N-dealkylation sites (N-methyl/N-ethyl adjacent to an activating group) is 1. The molecule has 8 nitrogen and oxygen atoms in total. The third kappa shape index (κ3) is 2.93. The first kappa shape index (κ1) is 15.0. The zero-order chi connectivity index (χ0) is 16.4. The predicted octanol–water partition coefficient (Wildman–Crippen LogP) is 0.730. The molecule has 0 bridgehead atoms. The Morgan fingerprint density at radius 2 is 2.25 bits per heavy atom. The molecule has 1 aliphatic rings. The molecule has 0 spiro atoms. The van der Waals surface area contributed by atoms with Crippen LogP contribution in [0.3, 0.4) is 0 Å². The molecule has 3 aromatic heterocycles. The summed E-state index contributed by atoms with van der Waals surface area (Å²) < 4.78 is 0. The predicted molar refractivity (Wildman–Crippen MR) is 92.7 cm³/mol. The number of pyridine rings is 1. The summed E-state index contributed by atoms with van der Waals surface area (Å²) in [5, 5.41) is 13.7. The van der Waals surface area contributed by atoms with Gasteiger partial charge >= 0.3 is 0 Å². The molecule has 4 rings (SSSR count). The first-order chi connectivity index (χ1) is 11.8. The number of rotatable bonds is 4. The fraction of sp³-hybridized carbons (Fsp3) is 0.375. The lowest BCUT2D eigenvalue weighted by molar-refractivity contribution is 0.209. The minimum Gasteiger partial charge on any atom is -0.367 e. The van der Waals surface area contributed by atoms with Crippen molar-refractivity contribution in [3.8, 4) is 11.3 Å². The second-order valence-electron chi connectivity index (χ2n) is 5.99. The average molecular weight is 324 g/mol. The Hall–Kier alpha value is -2.58. The summed E-state index contributed by atoms with van der Waals surface area (Å²) in [7, 11) is 2.15. The summed E-state index contributed by atoms with van der Waals surface area (Å²) in [5.41, 5.74) is 3.37. The molecular formula is C16H20N8. The average Bonchev–Trinajstić information content (AvgIpc) is 3.15. The maximum absolute atomic E-state index is 4.74. The van der Waals surface area contributed by atoms with Crippen molar-refractivity contribution in [2.75, 3.05) is 38.5 Å². The quantitative estimate of drug-likeness (QED) is 0.651. The molecular weight excluding hydrogens is 304 g/mol. The summed E-state index contributed by atoms with van der Waals surface area (Å²) in [4.78, 5) is 16.0. The van der Waals surface area contributed by atoms with E-state index in [4.69, 9.17) is 4.98 Å². The number of fused-ring (bicyclic) bond motifs is 1. The molecule has 3 N–H and O–H groups in total. The summed E-state index contributed by atoms with van der Waals surface area (Å²) >= 11 is 0. The molecule has 0 aliphatic carbocycles. The molecule has 1 unspecified atom stereocenters. The van der Waals surface area contributed by atoms with Gasteiger partial charge in [-0.15, -0.1) is 0 Å². The van der Waals surface area contributed by atoms with E-state index in [1.54, 1.807) is 18.6 Å². The summed E-state index contributed by atoms with van der Waals surface area (Å²) in [5.74, 6) is 0.760. The largest absolute Gasteiger partial charge is 0.367 e. The molecule has 1 fully saturated rings. The molecule has 24 heavy (non-hydrogen) atoms. The van der Waals surface area contributed by atoms with Gasteiger partial charge in [0.05, 0.1) is 17.4 Å². The van der Waals surface area contributed by atoms with Gasteiger partial charge in [-0.2, -0.15) is 5.10 Å². The summed E-state index contributed by atoms with van der Waals surface area (Å²) in [6.07, 6.45) is 6.98. The van der Waals surface area contributed by atoms with Gasteiger partial charge in [0.2, 0.25) is 0 Å². The molecule has 1 atom stereocenters. The van der Waals surface area contributed by atoms with Crippen molar-refractivity contribution in [1.82, 2.24) is 35.4 Å². The van der Waals surface area contributed by atoms with Gasteiger partial charge < -0.3 is 10.6 Å². The van der Waals surface area contributed by atoms with E-state index in [2.05, 4.69) is 42.7 Å². The van der Waals surface area contributed by atoms with Crippen LogP contribution in [-0.2, 0) is 0 Å². The number of piperazine rings is 1. The number of nitrogens with one attached hydrogen (secondary N) is 3. The summed E-state index contributed by atoms with van der Waals surface area (Å²) in [6, 6.07) is 2.36. The Kier molecular flexibility index (Phi) is 4.06. The van der Waals surface area contributed by atoms with Crippen molar-refractivity contribution in [2.24, 2.45) is 0 Å². The van der Waals surface area contributed by atoms with Gasteiger partial charge in [0.25, 0.3) is 0 Å². The van der Waals surface area contributed by atoms with Crippen molar-refractivity contribution >= 4 is 16.9 Å². The molecule has 0 aromatic carbocycles. The van der Waals surface area contributed by atoms with E-state index in [-0.39, 0.29) is 0 Å². The monoisotopic (exact) mass is 324 g/mol. The fourth-order valence-electron chi connectivity index (χ4n) is 2.94. The number of aromatic nitrogens is 5. The van der Waals surface area contributed by atoms with E-state index in [9.17, 15) is 0 Å². The Bertz CT molecular complexity index is 816. The van der Waals surface area contributed by atoms with Gasteiger partial charge in [-0.25, -0.2) is 9.97 Å². The molecule has 0 saturated carbocycles. The Morgan fingerprint density at radius 1 is 1.33 bits per heavy atom. The van der Waals surface area contributed by atoms with E-state index in [0.29, 0.717) is 6.04 Å². The van der Waals surface area contributed by atoms with Crippen LogP contribution >= 0.6 is 0 Å². The van der Waals surface area contributed by atoms with Gasteiger partial charge in [-0.3, -0.25) is 15.0 Å². The molecule has 0 amide bonds. The van der Waals surface area contributed by atoms with Crippen molar-refractivity contribution in [2.45, 2.75) is 6.04 Å². The maximum atomic E-state index is 4.74. The number of anilines is 1. The van der Waals surface area contributed by atoms with Crippen LogP contribution in [0.15, 0.2) is 30.9 Å². The van der Waals surface area contributed by atoms with Crippen LogP contribution in [0.25, 0.3) is 22.3 Å². The minimum atomic E-state index is 0.421. The van der Waals surface area contributed by atoms with Gasteiger partial charge in [-0.05, 0) is 13.1 Å². The highest BCUT2D eigenvalue weighted by Crippen LogP contribution is 2.24. The van der Waals surface area contributed by atoms with Crippen LogP contribution in [0.5, 0.6) is 0 Å². The third-order valence-electron chi connectivity index (χ3n) is 4.40. The van der Waals surface area contributed by atoms with Gasteiger partial charge in [-0.1, -0.05) is 0 Å². The normalized spacial score (nSPS) is 18.8. The van der Waals surface area contributed by atoms with Crippen molar-refractivity contribution in [3.05, 3.63) is 30.9 Å². The zero-order valence-corrected chi connectivity index (χ0v) is 13.5. The van der Waals surface area contributed by atoms with Crippen molar-refractivity contribution < 1.29 is 0 Å². The number of hydrogen-bond acceptors (Lipinski definition) is 7. The van der Waals surface area contributed by atoms with Crippen LogP contribution in [0, 0.1) is 0 Å². The molecule has 0 radical (unpaired) electrons. The van der Waals surface area contributed by atoms with Crippen LogP contribution in [0.4, 0.5) is 5.82 Å². The highest BCUT2D eigenvalue weighted by atomic mass is 15.2. The van der Waals surface area contributed by atoms with Crippen molar-refractivity contribution in [3.63, 3.8) is 0 Å². The first-order valence-electron chi connectivity index (χ1n) is 8.07. The molecule has 3 aromatic rings. The van der Waals surface area contributed by atoms with Crippen LogP contribution in [-0.4, -0.2) is 69.3 Å². The van der Waals surface area contributed by atoms with E-state index in [0.717, 1.165) is 54.3 Å². The number of aromatic amines is 1. The highest BCUT2D eigenvalue weighted by molar-refractivity contribution is 5.88. The lowest BCUT2D eigenvalue weighted by Crippen LogP contribution is -2.52. The van der Waals surface area contributed by atoms with Crippen molar-refractivity contribution in [1.29, 1.82) is 0 Å². The molecule has 8 heteroatoms. The third-order valence-corrected chi connectivity index (χ3v) is 4.40. The van der Waals surface area contributed by atoms with E-state index in [1.165, 1.54) is 0 Å². The van der Waals surface area contributed by atoms with Gasteiger partial charge in [0, 0.05) is 56.4 Å². The van der Waals surface area contributed by atoms with Gasteiger partial charge in [0.15, 0.2) is 5.82 Å². The Morgan fingerprint density at radius 3 is 3.08 bits per heavy atom. The lowest BCUT2D eigenvalue weighted by Gasteiger charge is -2.33. The Balaban J connectivity index is 1.65. The molecule has 1 aliphatic heterocycles. The molecule has 124 valence electrons. The minimum absolute atomic E-state index is 0.421.